The first kappa shape index (κ1) is 15.6. The van der Waals surface area contributed by atoms with E-state index in [1.54, 1.807) is 25.8 Å². The van der Waals surface area contributed by atoms with Gasteiger partial charge in [0.2, 0.25) is 5.91 Å². The SMILES string of the molecule is C=CCNC(=O)NC(=O)CN(C)CC(C)(C)O. The molecule has 6 nitrogen and oxygen atoms in total. The summed E-state index contributed by atoms with van der Waals surface area (Å²) in [6, 6.07) is -0.549. The second kappa shape index (κ2) is 7.03. The van der Waals surface area contributed by atoms with Gasteiger partial charge in [0, 0.05) is 13.1 Å². The Bertz CT molecular complexity index is 284. The lowest BCUT2D eigenvalue weighted by atomic mass is 10.1. The lowest BCUT2D eigenvalue weighted by molar-refractivity contribution is -0.121. The van der Waals surface area contributed by atoms with E-state index in [2.05, 4.69) is 17.2 Å². The smallest absolute Gasteiger partial charge is 0.321 e. The third kappa shape index (κ3) is 9.52. The van der Waals surface area contributed by atoms with Gasteiger partial charge in [-0.3, -0.25) is 15.0 Å². The van der Waals surface area contributed by atoms with Gasteiger partial charge in [-0.25, -0.2) is 4.79 Å². The highest BCUT2D eigenvalue weighted by molar-refractivity contribution is 5.95. The summed E-state index contributed by atoms with van der Waals surface area (Å²) in [6.45, 7) is 7.43. The molecule has 0 spiro atoms. The molecule has 17 heavy (non-hydrogen) atoms. The van der Waals surface area contributed by atoms with Crippen LogP contribution in [0.1, 0.15) is 13.8 Å². The normalized spacial score (nSPS) is 11.1. The fourth-order valence-electron chi connectivity index (χ4n) is 1.34. The van der Waals surface area contributed by atoms with Crippen LogP contribution in [0.4, 0.5) is 4.79 Å². The molecule has 0 bridgehead atoms. The Labute approximate surface area is 102 Å². The largest absolute Gasteiger partial charge is 0.389 e. The summed E-state index contributed by atoms with van der Waals surface area (Å²) in [5.41, 5.74) is -0.875. The summed E-state index contributed by atoms with van der Waals surface area (Å²) in [7, 11) is 1.69. The minimum atomic E-state index is -0.875. The van der Waals surface area contributed by atoms with Gasteiger partial charge in [0.25, 0.3) is 0 Å². The van der Waals surface area contributed by atoms with Crippen LogP contribution in [0.15, 0.2) is 12.7 Å². The molecule has 0 aliphatic rings. The molecule has 0 aromatic carbocycles. The summed E-state index contributed by atoms with van der Waals surface area (Å²) >= 11 is 0. The number of carbonyl (C=O) groups is 2. The molecule has 0 saturated heterocycles. The van der Waals surface area contributed by atoms with Crippen LogP contribution in [0.25, 0.3) is 0 Å². The Morgan fingerprint density at radius 3 is 2.53 bits per heavy atom. The number of hydrogen-bond donors (Lipinski definition) is 3. The minimum absolute atomic E-state index is 0.0471. The molecule has 3 amide bonds. The number of imide groups is 1. The Hall–Kier alpha value is -1.40. The zero-order valence-corrected chi connectivity index (χ0v) is 10.6. The van der Waals surface area contributed by atoms with Gasteiger partial charge >= 0.3 is 6.03 Å². The van der Waals surface area contributed by atoms with E-state index in [1.165, 1.54) is 6.08 Å². The van der Waals surface area contributed by atoms with Crippen LogP contribution in [0.3, 0.4) is 0 Å². The average Bonchev–Trinajstić information content (AvgIpc) is 2.10. The maximum Gasteiger partial charge on any atom is 0.321 e. The zero-order chi connectivity index (χ0) is 13.5. The number of nitrogens with one attached hydrogen (secondary N) is 2. The molecule has 0 aliphatic heterocycles. The van der Waals surface area contributed by atoms with Gasteiger partial charge in [0.1, 0.15) is 0 Å². The number of nitrogens with zero attached hydrogens (tertiary/aromatic N) is 1. The Kier molecular flexibility index (Phi) is 6.45. The molecule has 0 aromatic rings. The Morgan fingerprint density at radius 1 is 1.47 bits per heavy atom. The summed E-state index contributed by atoms with van der Waals surface area (Å²) in [4.78, 5) is 24.1. The first-order valence-corrected chi connectivity index (χ1v) is 5.34. The predicted molar refractivity (Wildman–Crippen MR) is 65.5 cm³/mol. The lowest BCUT2D eigenvalue weighted by Gasteiger charge is -2.24. The molecule has 0 radical (unpaired) electrons. The van der Waals surface area contributed by atoms with E-state index < -0.39 is 17.5 Å². The van der Waals surface area contributed by atoms with Crippen LogP contribution in [0.2, 0.25) is 0 Å². The van der Waals surface area contributed by atoms with Crippen LogP contribution in [0, 0.1) is 0 Å². The van der Waals surface area contributed by atoms with Gasteiger partial charge in [0.15, 0.2) is 0 Å². The molecule has 0 rings (SSSR count). The van der Waals surface area contributed by atoms with Crippen molar-refractivity contribution in [1.29, 1.82) is 0 Å². The first-order chi connectivity index (χ1) is 7.74. The zero-order valence-electron chi connectivity index (χ0n) is 10.6. The second-order valence-corrected chi connectivity index (χ2v) is 4.53. The number of likely N-dealkylation sites (N-methyl/N-ethyl adjacent to an activating group) is 1. The molecule has 0 heterocycles. The van der Waals surface area contributed by atoms with E-state index in [1.807, 2.05) is 0 Å². The van der Waals surface area contributed by atoms with Crippen LogP contribution >= 0.6 is 0 Å². The monoisotopic (exact) mass is 243 g/mol. The molecular weight excluding hydrogens is 222 g/mol. The standard InChI is InChI=1S/C11H21N3O3/c1-5-6-12-10(16)13-9(15)7-14(4)8-11(2,3)17/h5,17H,1,6-8H2,2-4H3,(H2,12,13,15,16). The number of carbonyl (C=O) groups excluding carboxylic acids is 2. The fourth-order valence-corrected chi connectivity index (χ4v) is 1.34. The van der Waals surface area contributed by atoms with E-state index in [0.717, 1.165) is 0 Å². The molecule has 0 aromatic heterocycles. The van der Waals surface area contributed by atoms with Gasteiger partial charge in [0.05, 0.1) is 12.1 Å². The highest BCUT2D eigenvalue weighted by Gasteiger charge is 2.17. The van der Waals surface area contributed by atoms with E-state index in [0.29, 0.717) is 13.1 Å². The van der Waals surface area contributed by atoms with Crippen molar-refractivity contribution in [2.75, 3.05) is 26.7 Å². The number of aliphatic hydroxyl groups is 1. The van der Waals surface area contributed by atoms with E-state index in [4.69, 9.17) is 0 Å². The molecule has 0 unspecified atom stereocenters. The third-order valence-electron chi connectivity index (χ3n) is 1.73. The summed E-state index contributed by atoms with van der Waals surface area (Å²) < 4.78 is 0. The molecule has 0 fully saturated rings. The van der Waals surface area contributed by atoms with Gasteiger partial charge in [-0.05, 0) is 20.9 Å². The van der Waals surface area contributed by atoms with Crippen molar-refractivity contribution >= 4 is 11.9 Å². The second-order valence-electron chi connectivity index (χ2n) is 4.53. The Balaban J connectivity index is 3.93. The van der Waals surface area contributed by atoms with Gasteiger partial charge in [-0.1, -0.05) is 6.08 Å². The number of amides is 3. The van der Waals surface area contributed by atoms with Crippen molar-refractivity contribution in [1.82, 2.24) is 15.5 Å². The number of hydrogen-bond acceptors (Lipinski definition) is 4. The van der Waals surface area contributed by atoms with Gasteiger partial charge in [-0.2, -0.15) is 0 Å². The first-order valence-electron chi connectivity index (χ1n) is 5.34. The van der Waals surface area contributed by atoms with Crippen LogP contribution in [-0.4, -0.2) is 54.2 Å². The van der Waals surface area contributed by atoms with Crippen LogP contribution in [0.5, 0.6) is 0 Å². The molecule has 6 heteroatoms. The van der Waals surface area contributed by atoms with Crippen molar-refractivity contribution < 1.29 is 14.7 Å². The van der Waals surface area contributed by atoms with E-state index >= 15 is 0 Å². The van der Waals surface area contributed by atoms with Crippen molar-refractivity contribution in [3.05, 3.63) is 12.7 Å². The summed E-state index contributed by atoms with van der Waals surface area (Å²) in [5, 5.41) is 14.1. The molecule has 98 valence electrons. The summed E-state index contributed by atoms with van der Waals surface area (Å²) in [5.74, 6) is -0.418. The highest BCUT2D eigenvalue weighted by atomic mass is 16.3. The maximum atomic E-state index is 11.4. The van der Waals surface area contributed by atoms with Crippen LogP contribution in [-0.2, 0) is 4.79 Å². The van der Waals surface area contributed by atoms with Gasteiger partial charge < -0.3 is 10.4 Å². The van der Waals surface area contributed by atoms with Crippen molar-refractivity contribution in [2.24, 2.45) is 0 Å². The molecule has 0 saturated carbocycles. The predicted octanol–water partition coefficient (Wildman–Crippen LogP) is -0.299. The topological polar surface area (TPSA) is 81.7 Å². The summed E-state index contributed by atoms with van der Waals surface area (Å²) in [6.07, 6.45) is 1.52. The third-order valence-corrected chi connectivity index (χ3v) is 1.73. The van der Waals surface area contributed by atoms with E-state index in [-0.39, 0.29) is 6.54 Å². The van der Waals surface area contributed by atoms with Crippen molar-refractivity contribution in [3.63, 3.8) is 0 Å². The molecular formula is C11H21N3O3. The molecule has 0 aliphatic carbocycles. The molecule has 3 N–H and O–H groups in total. The molecule has 0 atom stereocenters. The van der Waals surface area contributed by atoms with Crippen molar-refractivity contribution in [3.8, 4) is 0 Å². The maximum absolute atomic E-state index is 11.4. The van der Waals surface area contributed by atoms with Gasteiger partial charge in [-0.15, -0.1) is 6.58 Å². The number of urea groups is 1. The average molecular weight is 243 g/mol. The number of rotatable bonds is 6. The van der Waals surface area contributed by atoms with Crippen molar-refractivity contribution in [2.45, 2.75) is 19.4 Å². The Morgan fingerprint density at radius 2 is 2.06 bits per heavy atom. The highest BCUT2D eigenvalue weighted by Crippen LogP contribution is 2.02. The lowest BCUT2D eigenvalue weighted by Crippen LogP contribution is -2.46. The minimum Gasteiger partial charge on any atom is -0.389 e. The van der Waals surface area contributed by atoms with Crippen LogP contribution < -0.4 is 10.6 Å². The fraction of sp³-hybridized carbons (Fsp3) is 0.636. The van der Waals surface area contributed by atoms with E-state index in [9.17, 15) is 14.7 Å². The quantitative estimate of drug-likeness (QED) is 0.559.